The fourth-order valence-electron chi connectivity index (χ4n) is 1.67. The number of carboxylic acids is 1. The van der Waals surface area contributed by atoms with Crippen molar-refractivity contribution < 1.29 is 14.7 Å². The van der Waals surface area contributed by atoms with Crippen molar-refractivity contribution >= 4 is 18.0 Å². The summed E-state index contributed by atoms with van der Waals surface area (Å²) in [5.41, 5.74) is 0.726. The Kier molecular flexibility index (Phi) is 5.90. The van der Waals surface area contributed by atoms with E-state index < -0.39 is 5.97 Å². The van der Waals surface area contributed by atoms with Gasteiger partial charge in [-0.2, -0.15) is 0 Å². The number of hydrogen-bond acceptors (Lipinski definition) is 3. The van der Waals surface area contributed by atoms with Crippen molar-refractivity contribution in [3.63, 3.8) is 0 Å². The molecule has 1 amide bonds. The molecule has 0 fully saturated rings. The topological polar surface area (TPSA) is 79.3 Å². The van der Waals surface area contributed by atoms with Crippen molar-refractivity contribution in [2.45, 2.75) is 33.2 Å². The third kappa shape index (κ3) is 4.50. The Morgan fingerprint density at radius 1 is 1.45 bits per heavy atom. The van der Waals surface area contributed by atoms with E-state index in [4.69, 9.17) is 5.11 Å². The third-order valence-corrected chi connectivity index (χ3v) is 3.32. The van der Waals surface area contributed by atoms with Crippen LogP contribution in [0.4, 0.5) is 0 Å². The maximum Gasteiger partial charge on any atom is 0.328 e. The van der Waals surface area contributed by atoms with Crippen molar-refractivity contribution in [2.75, 3.05) is 0 Å². The van der Waals surface area contributed by atoms with Crippen molar-refractivity contribution in [2.24, 2.45) is 5.92 Å². The molecule has 0 aromatic carbocycles. The van der Waals surface area contributed by atoms with Gasteiger partial charge in [-0.15, -0.1) is 0 Å². The molecule has 1 aromatic rings. The molecular formula is C15H20N2O3. The smallest absolute Gasteiger partial charge is 0.328 e. The molecule has 0 aliphatic carbocycles. The number of carbonyl (C=O) groups excluding carboxylic acids is 1. The number of rotatable bonds is 6. The molecule has 0 bridgehead atoms. The van der Waals surface area contributed by atoms with E-state index in [1.54, 1.807) is 12.1 Å². The number of nitrogens with one attached hydrogen (secondary N) is 1. The monoisotopic (exact) mass is 276 g/mol. The van der Waals surface area contributed by atoms with Crippen molar-refractivity contribution in [1.82, 2.24) is 10.3 Å². The molecule has 1 rings (SSSR count). The van der Waals surface area contributed by atoms with E-state index in [-0.39, 0.29) is 17.6 Å². The summed E-state index contributed by atoms with van der Waals surface area (Å²) in [6, 6.07) is 3.36. The molecule has 0 spiro atoms. The lowest BCUT2D eigenvalue weighted by Crippen LogP contribution is -2.37. The molecule has 108 valence electrons. The highest BCUT2D eigenvalue weighted by molar-refractivity contribution is 5.97. The number of pyridine rings is 1. The van der Waals surface area contributed by atoms with Gasteiger partial charge in [0.15, 0.2) is 0 Å². The van der Waals surface area contributed by atoms with E-state index in [0.717, 1.165) is 12.5 Å². The van der Waals surface area contributed by atoms with Crippen LogP contribution in [0, 0.1) is 5.92 Å². The minimum absolute atomic E-state index is 0.0332. The van der Waals surface area contributed by atoms with Crippen molar-refractivity contribution in [3.8, 4) is 0 Å². The Balaban J connectivity index is 2.90. The zero-order valence-corrected chi connectivity index (χ0v) is 12.0. The summed E-state index contributed by atoms with van der Waals surface area (Å²) >= 11 is 0. The highest BCUT2D eigenvalue weighted by Crippen LogP contribution is 2.11. The van der Waals surface area contributed by atoms with E-state index in [1.807, 2.05) is 6.92 Å². The molecule has 0 aliphatic heterocycles. The first-order chi connectivity index (χ1) is 9.45. The SMILES string of the molecule is CCC(C)C(C)NC(=O)c1ncccc1/C=C/C(=O)O. The summed E-state index contributed by atoms with van der Waals surface area (Å²) in [5, 5.41) is 11.5. The van der Waals surface area contributed by atoms with Gasteiger partial charge in [-0.05, 0) is 25.0 Å². The summed E-state index contributed by atoms with van der Waals surface area (Å²) in [7, 11) is 0. The Hall–Kier alpha value is -2.17. The first-order valence-corrected chi connectivity index (χ1v) is 6.62. The molecule has 5 heteroatoms. The molecule has 2 unspecified atom stereocenters. The van der Waals surface area contributed by atoms with Crippen LogP contribution in [0.2, 0.25) is 0 Å². The van der Waals surface area contributed by atoms with Crippen molar-refractivity contribution in [3.05, 3.63) is 35.7 Å². The molecule has 0 saturated carbocycles. The van der Waals surface area contributed by atoms with Crippen LogP contribution in [-0.4, -0.2) is 28.0 Å². The van der Waals surface area contributed by atoms with Crippen LogP contribution in [0.5, 0.6) is 0 Å². The van der Waals surface area contributed by atoms with E-state index >= 15 is 0 Å². The summed E-state index contributed by atoms with van der Waals surface area (Å²) < 4.78 is 0. The van der Waals surface area contributed by atoms with E-state index in [2.05, 4.69) is 24.1 Å². The maximum absolute atomic E-state index is 12.2. The zero-order chi connectivity index (χ0) is 15.1. The number of carbonyl (C=O) groups is 2. The first kappa shape index (κ1) is 15.9. The highest BCUT2D eigenvalue weighted by atomic mass is 16.4. The summed E-state index contributed by atoms with van der Waals surface area (Å²) in [5.74, 6) is -0.989. The van der Waals surface area contributed by atoms with E-state index in [1.165, 1.54) is 12.3 Å². The van der Waals surface area contributed by atoms with Gasteiger partial charge in [-0.3, -0.25) is 9.78 Å². The standard InChI is InChI=1S/C15H20N2O3/c1-4-10(2)11(3)17-15(20)14-12(6-5-9-16-14)7-8-13(18)19/h5-11H,4H2,1-3H3,(H,17,20)(H,18,19)/b8-7+. The molecule has 1 heterocycles. The number of aromatic nitrogens is 1. The molecule has 0 radical (unpaired) electrons. The van der Waals surface area contributed by atoms with Gasteiger partial charge in [0, 0.05) is 23.9 Å². The van der Waals surface area contributed by atoms with Crippen LogP contribution in [0.25, 0.3) is 6.08 Å². The normalized spacial score (nSPS) is 13.9. The van der Waals surface area contributed by atoms with Crippen LogP contribution in [0.3, 0.4) is 0 Å². The predicted octanol–water partition coefficient (Wildman–Crippen LogP) is 2.34. The quantitative estimate of drug-likeness (QED) is 0.782. The average Bonchev–Trinajstić information content (AvgIpc) is 2.44. The van der Waals surface area contributed by atoms with Gasteiger partial charge >= 0.3 is 5.97 Å². The lowest BCUT2D eigenvalue weighted by molar-refractivity contribution is -0.131. The van der Waals surface area contributed by atoms with Crippen LogP contribution in [0.1, 0.15) is 43.2 Å². The summed E-state index contributed by atoms with van der Waals surface area (Å²) in [4.78, 5) is 26.8. The number of nitrogens with zero attached hydrogens (tertiary/aromatic N) is 1. The second-order valence-corrected chi connectivity index (χ2v) is 4.76. The zero-order valence-electron chi connectivity index (χ0n) is 12.0. The van der Waals surface area contributed by atoms with Gasteiger partial charge in [0.05, 0.1) is 0 Å². The van der Waals surface area contributed by atoms with Gasteiger partial charge in [0.2, 0.25) is 0 Å². The third-order valence-electron chi connectivity index (χ3n) is 3.32. The maximum atomic E-state index is 12.2. The Morgan fingerprint density at radius 2 is 2.15 bits per heavy atom. The van der Waals surface area contributed by atoms with E-state index in [9.17, 15) is 9.59 Å². The van der Waals surface area contributed by atoms with Gasteiger partial charge in [-0.25, -0.2) is 4.79 Å². The lowest BCUT2D eigenvalue weighted by atomic mass is 10.0. The molecule has 0 aliphatic rings. The average molecular weight is 276 g/mol. The second kappa shape index (κ2) is 7.43. The largest absolute Gasteiger partial charge is 0.478 e. The first-order valence-electron chi connectivity index (χ1n) is 6.62. The van der Waals surface area contributed by atoms with Gasteiger partial charge < -0.3 is 10.4 Å². The number of amides is 1. The van der Waals surface area contributed by atoms with Gasteiger partial charge in [0.25, 0.3) is 5.91 Å². The highest BCUT2D eigenvalue weighted by Gasteiger charge is 2.17. The lowest BCUT2D eigenvalue weighted by Gasteiger charge is -2.20. The Morgan fingerprint density at radius 3 is 2.75 bits per heavy atom. The summed E-state index contributed by atoms with van der Waals surface area (Å²) in [6.45, 7) is 6.07. The molecule has 2 atom stereocenters. The van der Waals surface area contributed by atoms with Gasteiger partial charge in [0.1, 0.15) is 5.69 Å². The Bertz CT molecular complexity index is 512. The Labute approximate surface area is 118 Å². The van der Waals surface area contributed by atoms with Crippen molar-refractivity contribution in [1.29, 1.82) is 0 Å². The number of aliphatic carboxylic acids is 1. The minimum Gasteiger partial charge on any atom is -0.478 e. The summed E-state index contributed by atoms with van der Waals surface area (Å²) in [6.07, 6.45) is 4.85. The predicted molar refractivity (Wildman–Crippen MR) is 77.3 cm³/mol. The molecular weight excluding hydrogens is 256 g/mol. The molecule has 20 heavy (non-hydrogen) atoms. The van der Waals surface area contributed by atoms with Crippen LogP contribution >= 0.6 is 0 Å². The number of carboxylic acid groups (broad SMARTS) is 1. The second-order valence-electron chi connectivity index (χ2n) is 4.76. The fourth-order valence-corrected chi connectivity index (χ4v) is 1.67. The number of hydrogen-bond donors (Lipinski definition) is 2. The molecule has 5 nitrogen and oxygen atoms in total. The van der Waals surface area contributed by atoms with Crippen LogP contribution < -0.4 is 5.32 Å². The van der Waals surface area contributed by atoms with Crippen LogP contribution in [0.15, 0.2) is 24.4 Å². The van der Waals surface area contributed by atoms with Gasteiger partial charge in [-0.1, -0.05) is 26.3 Å². The minimum atomic E-state index is -1.06. The van der Waals surface area contributed by atoms with Crippen LogP contribution in [-0.2, 0) is 4.79 Å². The van der Waals surface area contributed by atoms with E-state index in [0.29, 0.717) is 11.5 Å². The molecule has 0 saturated heterocycles. The molecule has 2 N–H and O–H groups in total. The fraction of sp³-hybridized carbons (Fsp3) is 0.400. The molecule has 1 aromatic heterocycles.